The minimum atomic E-state index is -0.133. The van der Waals surface area contributed by atoms with Gasteiger partial charge in [0, 0.05) is 21.9 Å². The van der Waals surface area contributed by atoms with Gasteiger partial charge in [-0.05, 0) is 39.5 Å². The predicted molar refractivity (Wildman–Crippen MR) is 76.0 cm³/mol. The Labute approximate surface area is 120 Å². The average molecular weight is 339 g/mol. The van der Waals surface area contributed by atoms with E-state index in [1.165, 1.54) is 0 Å². The number of amides is 1. The van der Waals surface area contributed by atoms with Crippen LogP contribution in [0, 0.1) is 5.41 Å². The number of rotatable bonds is 4. The molecule has 1 N–H and O–H groups in total. The molecular formula is C12H14BrCl2NO. The molecule has 0 heterocycles. The lowest BCUT2D eigenvalue weighted by atomic mass is 9.96. The molecule has 0 aliphatic carbocycles. The zero-order valence-electron chi connectivity index (χ0n) is 9.69. The summed E-state index contributed by atoms with van der Waals surface area (Å²) in [4.78, 5) is 11.9. The molecule has 0 unspecified atom stereocenters. The first-order valence-electron chi connectivity index (χ1n) is 5.15. The Morgan fingerprint density at radius 1 is 1.47 bits per heavy atom. The molecule has 0 atom stereocenters. The van der Waals surface area contributed by atoms with Gasteiger partial charge in [-0.15, -0.1) is 11.6 Å². The lowest BCUT2D eigenvalue weighted by molar-refractivity contribution is 0.0939. The molecule has 0 spiro atoms. The van der Waals surface area contributed by atoms with Gasteiger partial charge in [-0.25, -0.2) is 0 Å². The summed E-state index contributed by atoms with van der Waals surface area (Å²) in [6.45, 7) is 4.53. The van der Waals surface area contributed by atoms with E-state index in [0.717, 1.165) is 0 Å². The number of nitrogens with one attached hydrogen (secondary N) is 1. The second-order valence-corrected chi connectivity index (χ2v) is 6.16. The van der Waals surface area contributed by atoms with Crippen molar-refractivity contribution in [3.63, 3.8) is 0 Å². The lowest BCUT2D eigenvalue weighted by Crippen LogP contribution is -2.35. The Hall–Kier alpha value is -0.250. The number of benzene rings is 1. The van der Waals surface area contributed by atoms with E-state index in [-0.39, 0.29) is 11.3 Å². The Kier molecular flexibility index (Phi) is 5.29. The van der Waals surface area contributed by atoms with Gasteiger partial charge >= 0.3 is 0 Å². The van der Waals surface area contributed by atoms with Gasteiger partial charge in [-0.2, -0.15) is 0 Å². The van der Waals surface area contributed by atoms with E-state index in [2.05, 4.69) is 21.2 Å². The Balaban J connectivity index is 2.71. The minimum absolute atomic E-state index is 0.115. The number of hydrogen-bond acceptors (Lipinski definition) is 1. The maximum atomic E-state index is 11.9. The summed E-state index contributed by atoms with van der Waals surface area (Å²) in [7, 11) is 0. The SMILES string of the molecule is CC(C)(CCl)CNC(=O)c1ccc(Cl)cc1Br. The van der Waals surface area contributed by atoms with Crippen LogP contribution in [0.25, 0.3) is 0 Å². The fourth-order valence-corrected chi connectivity index (χ4v) is 2.09. The molecule has 1 aromatic rings. The fraction of sp³-hybridized carbons (Fsp3) is 0.417. The summed E-state index contributed by atoms with van der Waals surface area (Å²) < 4.78 is 0.686. The van der Waals surface area contributed by atoms with Crippen molar-refractivity contribution in [2.75, 3.05) is 12.4 Å². The van der Waals surface area contributed by atoms with E-state index in [4.69, 9.17) is 23.2 Å². The number of alkyl halides is 1. The molecule has 17 heavy (non-hydrogen) atoms. The van der Waals surface area contributed by atoms with Crippen LogP contribution in [0.15, 0.2) is 22.7 Å². The van der Waals surface area contributed by atoms with Crippen molar-refractivity contribution >= 4 is 45.0 Å². The number of carbonyl (C=O) groups excluding carboxylic acids is 1. The van der Waals surface area contributed by atoms with Crippen molar-refractivity contribution in [1.29, 1.82) is 0 Å². The molecule has 0 aliphatic rings. The van der Waals surface area contributed by atoms with Crippen LogP contribution < -0.4 is 5.32 Å². The molecular weight excluding hydrogens is 325 g/mol. The van der Waals surface area contributed by atoms with Crippen LogP contribution in [-0.2, 0) is 0 Å². The smallest absolute Gasteiger partial charge is 0.252 e. The summed E-state index contributed by atoms with van der Waals surface area (Å²) in [5.74, 6) is 0.362. The maximum absolute atomic E-state index is 11.9. The van der Waals surface area contributed by atoms with Crippen LogP contribution >= 0.6 is 39.1 Å². The van der Waals surface area contributed by atoms with Gasteiger partial charge in [0.25, 0.3) is 5.91 Å². The van der Waals surface area contributed by atoms with Crippen LogP contribution in [0.2, 0.25) is 5.02 Å². The largest absolute Gasteiger partial charge is 0.351 e. The average Bonchev–Trinajstić information content (AvgIpc) is 2.26. The van der Waals surface area contributed by atoms with Crippen molar-refractivity contribution in [3.05, 3.63) is 33.3 Å². The topological polar surface area (TPSA) is 29.1 Å². The molecule has 2 nitrogen and oxygen atoms in total. The number of halogens is 3. The predicted octanol–water partition coefficient (Wildman–Crippen LogP) is 4.10. The molecule has 0 bridgehead atoms. The van der Waals surface area contributed by atoms with E-state index in [1.807, 2.05) is 13.8 Å². The fourth-order valence-electron chi connectivity index (χ4n) is 1.14. The molecule has 1 aromatic carbocycles. The van der Waals surface area contributed by atoms with Crippen LogP contribution in [0.1, 0.15) is 24.2 Å². The number of carbonyl (C=O) groups is 1. The van der Waals surface area contributed by atoms with E-state index in [0.29, 0.717) is 27.5 Å². The molecule has 1 rings (SSSR count). The third kappa shape index (κ3) is 4.49. The van der Waals surface area contributed by atoms with E-state index >= 15 is 0 Å². The Morgan fingerprint density at radius 2 is 2.12 bits per heavy atom. The zero-order chi connectivity index (χ0) is 13.1. The quantitative estimate of drug-likeness (QED) is 0.823. The van der Waals surface area contributed by atoms with Gasteiger partial charge in [0.05, 0.1) is 5.56 Å². The van der Waals surface area contributed by atoms with Crippen LogP contribution in [0.5, 0.6) is 0 Å². The first-order chi connectivity index (χ1) is 7.85. The molecule has 5 heteroatoms. The molecule has 0 radical (unpaired) electrons. The van der Waals surface area contributed by atoms with Gasteiger partial charge in [0.15, 0.2) is 0 Å². The first kappa shape index (κ1) is 14.8. The van der Waals surface area contributed by atoms with Crippen molar-refractivity contribution in [2.45, 2.75) is 13.8 Å². The molecule has 0 aliphatic heterocycles. The number of hydrogen-bond donors (Lipinski definition) is 1. The third-order valence-electron chi connectivity index (χ3n) is 2.27. The van der Waals surface area contributed by atoms with Crippen molar-refractivity contribution < 1.29 is 4.79 Å². The summed E-state index contributed by atoms with van der Waals surface area (Å²) >= 11 is 14.9. The van der Waals surface area contributed by atoms with E-state index in [1.54, 1.807) is 18.2 Å². The van der Waals surface area contributed by atoms with E-state index in [9.17, 15) is 4.79 Å². The Bertz CT molecular complexity index is 421. The van der Waals surface area contributed by atoms with Gasteiger partial charge in [0.1, 0.15) is 0 Å². The van der Waals surface area contributed by atoms with Gasteiger partial charge in [0.2, 0.25) is 0 Å². The molecule has 0 aromatic heterocycles. The zero-order valence-corrected chi connectivity index (χ0v) is 12.8. The standard InChI is InChI=1S/C12H14BrCl2NO/c1-12(2,6-14)7-16-11(17)9-4-3-8(15)5-10(9)13/h3-5H,6-7H2,1-2H3,(H,16,17). The molecule has 1 amide bonds. The summed E-state index contributed by atoms with van der Waals surface area (Å²) in [6.07, 6.45) is 0. The van der Waals surface area contributed by atoms with Gasteiger partial charge in [-0.3, -0.25) is 4.79 Å². The first-order valence-corrected chi connectivity index (χ1v) is 6.85. The molecule has 0 saturated carbocycles. The summed E-state index contributed by atoms with van der Waals surface area (Å²) in [6, 6.07) is 5.08. The van der Waals surface area contributed by atoms with Gasteiger partial charge < -0.3 is 5.32 Å². The van der Waals surface area contributed by atoms with Crippen LogP contribution in [0.3, 0.4) is 0 Å². The highest BCUT2D eigenvalue weighted by molar-refractivity contribution is 9.10. The monoisotopic (exact) mass is 337 g/mol. The van der Waals surface area contributed by atoms with Crippen molar-refractivity contribution in [1.82, 2.24) is 5.32 Å². The maximum Gasteiger partial charge on any atom is 0.252 e. The van der Waals surface area contributed by atoms with Crippen molar-refractivity contribution in [2.24, 2.45) is 5.41 Å². The highest BCUT2D eigenvalue weighted by Crippen LogP contribution is 2.22. The molecule has 0 saturated heterocycles. The molecule has 94 valence electrons. The summed E-state index contributed by atoms with van der Waals surface area (Å²) in [5.41, 5.74) is 0.454. The van der Waals surface area contributed by atoms with Crippen LogP contribution in [-0.4, -0.2) is 18.3 Å². The molecule has 0 fully saturated rings. The third-order valence-corrected chi connectivity index (χ3v) is 3.88. The van der Waals surface area contributed by atoms with E-state index < -0.39 is 0 Å². The minimum Gasteiger partial charge on any atom is -0.351 e. The van der Waals surface area contributed by atoms with Crippen molar-refractivity contribution in [3.8, 4) is 0 Å². The van der Waals surface area contributed by atoms with Gasteiger partial charge in [-0.1, -0.05) is 25.4 Å². The highest BCUT2D eigenvalue weighted by Gasteiger charge is 2.18. The summed E-state index contributed by atoms with van der Waals surface area (Å²) in [5, 5.41) is 3.45. The normalized spacial score (nSPS) is 11.4. The second kappa shape index (κ2) is 6.07. The van der Waals surface area contributed by atoms with Crippen LogP contribution in [0.4, 0.5) is 0 Å². The lowest BCUT2D eigenvalue weighted by Gasteiger charge is -2.21. The highest BCUT2D eigenvalue weighted by atomic mass is 79.9. The second-order valence-electron chi connectivity index (χ2n) is 4.60. The Morgan fingerprint density at radius 3 is 2.65 bits per heavy atom.